The molecule has 1 saturated heterocycles. The summed E-state index contributed by atoms with van der Waals surface area (Å²) in [5, 5.41) is 5.58. The Bertz CT molecular complexity index is 1100. The molecule has 1 aromatic carbocycles. The Kier molecular flexibility index (Phi) is 4.02. The lowest BCUT2D eigenvalue weighted by molar-refractivity contribution is -0.126. The quantitative estimate of drug-likeness (QED) is 0.735. The number of rotatable bonds is 3. The van der Waals surface area contributed by atoms with E-state index in [0.29, 0.717) is 24.3 Å². The lowest BCUT2D eigenvalue weighted by Gasteiger charge is -2.10. The number of aromatic nitrogens is 3. The van der Waals surface area contributed by atoms with Crippen molar-refractivity contribution in [2.75, 3.05) is 18.9 Å². The molecule has 1 aliphatic heterocycles. The Balaban J connectivity index is 1.69. The van der Waals surface area contributed by atoms with Gasteiger partial charge in [-0.3, -0.25) is 19.5 Å². The van der Waals surface area contributed by atoms with Crippen LogP contribution in [0.3, 0.4) is 0 Å². The van der Waals surface area contributed by atoms with Crippen LogP contribution in [0.25, 0.3) is 5.65 Å². The van der Waals surface area contributed by atoms with Crippen molar-refractivity contribution in [1.29, 1.82) is 0 Å². The molecule has 3 aromatic rings. The summed E-state index contributed by atoms with van der Waals surface area (Å²) in [6, 6.07) is 8.85. The number of likely N-dealkylation sites (tertiary alicyclic amines) is 1. The second kappa shape index (κ2) is 6.39. The summed E-state index contributed by atoms with van der Waals surface area (Å²) in [5.74, 6) is -0.488. The first kappa shape index (κ1) is 17.0. The number of nitrogens with zero attached hydrogens (tertiary/aromatic N) is 3. The predicted molar refractivity (Wildman–Crippen MR) is 99.9 cm³/mol. The topological polar surface area (TPSA) is 99.6 Å². The molecule has 1 atom stereocenters. The highest BCUT2D eigenvalue weighted by molar-refractivity contribution is 6.08. The smallest absolute Gasteiger partial charge is 0.272 e. The minimum absolute atomic E-state index is 0.0217. The maximum absolute atomic E-state index is 12.7. The monoisotopic (exact) mass is 365 g/mol. The van der Waals surface area contributed by atoms with Gasteiger partial charge in [-0.1, -0.05) is 17.7 Å². The third kappa shape index (κ3) is 3.10. The van der Waals surface area contributed by atoms with Crippen molar-refractivity contribution in [3.63, 3.8) is 0 Å². The SMILES string of the molecule is Cc1ccc(NC(=O)c2c[nH]n3c(=O)cc([C@H]4CC(=O)N(C)C4)nc23)cc1. The highest BCUT2D eigenvalue weighted by Gasteiger charge is 2.30. The van der Waals surface area contributed by atoms with Gasteiger partial charge in [0, 0.05) is 43.9 Å². The number of anilines is 1. The van der Waals surface area contributed by atoms with Crippen LogP contribution in [0.1, 0.15) is 34.0 Å². The first-order valence-electron chi connectivity index (χ1n) is 8.65. The zero-order chi connectivity index (χ0) is 19.1. The van der Waals surface area contributed by atoms with Gasteiger partial charge < -0.3 is 10.2 Å². The average molecular weight is 365 g/mol. The highest BCUT2D eigenvalue weighted by Crippen LogP contribution is 2.25. The zero-order valence-electron chi connectivity index (χ0n) is 15.0. The molecule has 0 aliphatic carbocycles. The number of carbonyl (C=O) groups is 2. The molecule has 2 N–H and O–H groups in total. The molecule has 0 bridgehead atoms. The van der Waals surface area contributed by atoms with Crippen molar-refractivity contribution in [3.05, 3.63) is 63.7 Å². The van der Waals surface area contributed by atoms with Crippen LogP contribution < -0.4 is 10.9 Å². The summed E-state index contributed by atoms with van der Waals surface area (Å²) in [7, 11) is 1.73. The third-order valence-corrected chi connectivity index (χ3v) is 4.83. The van der Waals surface area contributed by atoms with Crippen LogP contribution in [-0.2, 0) is 4.79 Å². The Morgan fingerprint density at radius 3 is 2.67 bits per heavy atom. The van der Waals surface area contributed by atoms with Crippen molar-refractivity contribution in [1.82, 2.24) is 19.5 Å². The number of hydrogen-bond acceptors (Lipinski definition) is 4. The van der Waals surface area contributed by atoms with Crippen LogP contribution >= 0.6 is 0 Å². The van der Waals surface area contributed by atoms with E-state index in [1.807, 2.05) is 31.2 Å². The van der Waals surface area contributed by atoms with Crippen molar-refractivity contribution in [2.24, 2.45) is 0 Å². The summed E-state index contributed by atoms with van der Waals surface area (Å²) in [5.41, 5.74) is 2.49. The van der Waals surface area contributed by atoms with Crippen LogP contribution in [0.4, 0.5) is 5.69 Å². The van der Waals surface area contributed by atoms with Gasteiger partial charge in [-0.15, -0.1) is 0 Å². The van der Waals surface area contributed by atoms with Gasteiger partial charge in [-0.25, -0.2) is 9.50 Å². The number of aryl methyl sites for hydroxylation is 1. The number of amides is 2. The maximum atomic E-state index is 12.7. The number of H-pyrrole nitrogens is 1. The lowest BCUT2D eigenvalue weighted by atomic mass is 10.0. The fraction of sp³-hybridized carbons (Fsp3) is 0.263. The molecule has 0 saturated carbocycles. The first-order chi connectivity index (χ1) is 12.9. The Morgan fingerprint density at radius 1 is 1.26 bits per heavy atom. The largest absolute Gasteiger partial charge is 0.345 e. The molecular weight excluding hydrogens is 346 g/mol. The molecule has 0 spiro atoms. The molecular formula is C19H19N5O3. The van der Waals surface area contributed by atoms with E-state index in [-0.39, 0.29) is 34.5 Å². The third-order valence-electron chi connectivity index (χ3n) is 4.83. The van der Waals surface area contributed by atoms with Crippen molar-refractivity contribution in [3.8, 4) is 0 Å². The van der Waals surface area contributed by atoms with Crippen molar-refractivity contribution in [2.45, 2.75) is 19.3 Å². The van der Waals surface area contributed by atoms with Gasteiger partial charge in [-0.05, 0) is 19.1 Å². The van der Waals surface area contributed by atoms with E-state index in [4.69, 9.17) is 0 Å². The highest BCUT2D eigenvalue weighted by atomic mass is 16.2. The standard InChI is InChI=1S/C19H19N5O3/c1-11-3-5-13(6-4-11)21-19(27)14-9-20-24-17(26)8-15(22-18(14)24)12-7-16(25)23(2)10-12/h3-6,8-9,12,20H,7,10H2,1-2H3,(H,21,27)/t12-/m0/s1. The summed E-state index contributed by atoms with van der Waals surface area (Å²) in [6.07, 6.45) is 1.78. The molecule has 8 nitrogen and oxygen atoms in total. The molecule has 2 aromatic heterocycles. The Morgan fingerprint density at radius 2 is 2.00 bits per heavy atom. The predicted octanol–water partition coefficient (Wildman–Crippen LogP) is 1.53. The van der Waals surface area contributed by atoms with E-state index in [9.17, 15) is 14.4 Å². The molecule has 0 unspecified atom stereocenters. The van der Waals surface area contributed by atoms with E-state index in [1.165, 1.54) is 16.8 Å². The number of nitrogens with one attached hydrogen (secondary N) is 2. The maximum Gasteiger partial charge on any atom is 0.272 e. The molecule has 4 rings (SSSR count). The number of likely N-dealkylation sites (N-methyl/N-ethyl adjacent to an activating group) is 1. The van der Waals surface area contributed by atoms with E-state index in [0.717, 1.165) is 5.56 Å². The van der Waals surface area contributed by atoms with Gasteiger partial charge >= 0.3 is 0 Å². The van der Waals surface area contributed by atoms with Crippen molar-refractivity contribution >= 4 is 23.1 Å². The summed E-state index contributed by atoms with van der Waals surface area (Å²) in [6.45, 7) is 2.48. The summed E-state index contributed by atoms with van der Waals surface area (Å²) >= 11 is 0. The van der Waals surface area contributed by atoms with Gasteiger partial charge in [0.25, 0.3) is 11.5 Å². The fourth-order valence-corrected chi connectivity index (χ4v) is 3.27. The van der Waals surface area contributed by atoms with Gasteiger partial charge in [0.15, 0.2) is 5.65 Å². The second-order valence-corrected chi connectivity index (χ2v) is 6.86. The van der Waals surface area contributed by atoms with Gasteiger partial charge in [0.1, 0.15) is 5.56 Å². The summed E-state index contributed by atoms with van der Waals surface area (Å²) in [4.78, 5) is 43.0. The van der Waals surface area contributed by atoms with Gasteiger partial charge in [-0.2, -0.15) is 0 Å². The number of carbonyl (C=O) groups excluding carboxylic acids is 2. The Labute approximate surface area is 154 Å². The van der Waals surface area contributed by atoms with E-state index < -0.39 is 0 Å². The van der Waals surface area contributed by atoms with Crippen LogP contribution in [0.5, 0.6) is 0 Å². The normalized spacial score (nSPS) is 16.9. The number of fused-ring (bicyclic) bond motifs is 1. The average Bonchev–Trinajstić information content (AvgIpc) is 3.21. The first-order valence-corrected chi connectivity index (χ1v) is 8.65. The van der Waals surface area contributed by atoms with E-state index >= 15 is 0 Å². The van der Waals surface area contributed by atoms with Gasteiger partial charge in [0.2, 0.25) is 5.91 Å². The number of hydrogen-bond donors (Lipinski definition) is 2. The van der Waals surface area contributed by atoms with Crippen LogP contribution in [0, 0.1) is 6.92 Å². The van der Waals surface area contributed by atoms with Crippen LogP contribution in [-0.4, -0.2) is 44.9 Å². The zero-order valence-corrected chi connectivity index (χ0v) is 15.0. The minimum atomic E-state index is -0.360. The van der Waals surface area contributed by atoms with Crippen LogP contribution in [0.15, 0.2) is 41.3 Å². The molecule has 3 heterocycles. The fourth-order valence-electron chi connectivity index (χ4n) is 3.27. The lowest BCUT2D eigenvalue weighted by Crippen LogP contribution is -2.21. The number of aromatic amines is 1. The number of benzene rings is 1. The van der Waals surface area contributed by atoms with Crippen LogP contribution in [0.2, 0.25) is 0 Å². The molecule has 1 aliphatic rings. The molecule has 1 fully saturated rings. The summed E-state index contributed by atoms with van der Waals surface area (Å²) < 4.78 is 1.23. The minimum Gasteiger partial charge on any atom is -0.345 e. The van der Waals surface area contributed by atoms with E-state index in [1.54, 1.807) is 11.9 Å². The molecule has 2 amide bonds. The molecule has 8 heteroatoms. The molecule has 0 radical (unpaired) electrons. The Hall–Kier alpha value is -3.42. The van der Waals surface area contributed by atoms with E-state index in [2.05, 4.69) is 15.4 Å². The van der Waals surface area contributed by atoms with Crippen molar-refractivity contribution < 1.29 is 9.59 Å². The molecule has 138 valence electrons. The second-order valence-electron chi connectivity index (χ2n) is 6.86. The van der Waals surface area contributed by atoms with Gasteiger partial charge in [0.05, 0.1) is 5.69 Å². The molecule has 27 heavy (non-hydrogen) atoms.